The molecule has 2 aromatic rings. The number of anilines is 1. The molecule has 0 saturated heterocycles. The molecule has 2 aromatic heterocycles. The number of aromatic amines is 1. The van der Waals surface area contributed by atoms with Gasteiger partial charge in [-0.25, -0.2) is 13.5 Å². The van der Waals surface area contributed by atoms with E-state index in [-0.39, 0.29) is 10.0 Å². The fourth-order valence-electron chi connectivity index (χ4n) is 1.62. The van der Waals surface area contributed by atoms with Crippen molar-refractivity contribution in [3.63, 3.8) is 0 Å². The average Bonchev–Trinajstić information content (AvgIpc) is 2.81. The summed E-state index contributed by atoms with van der Waals surface area (Å²) in [6, 6.07) is 4.16. The van der Waals surface area contributed by atoms with Crippen LogP contribution < -0.4 is 15.6 Å². The van der Waals surface area contributed by atoms with E-state index in [1.165, 1.54) is 23.5 Å². The van der Waals surface area contributed by atoms with Gasteiger partial charge < -0.3 is 5.32 Å². The van der Waals surface area contributed by atoms with Crippen LogP contribution in [0, 0.1) is 6.92 Å². The third-order valence-electron chi connectivity index (χ3n) is 2.72. The highest BCUT2D eigenvalue weighted by molar-refractivity contribution is 7.94. The fourth-order valence-corrected chi connectivity index (χ4v) is 4.18. The van der Waals surface area contributed by atoms with E-state index in [1.54, 1.807) is 6.07 Å². The number of rotatable bonds is 6. The maximum atomic E-state index is 12.3. The van der Waals surface area contributed by atoms with E-state index in [9.17, 15) is 13.2 Å². The average molecular weight is 328 g/mol. The molecule has 0 aliphatic rings. The monoisotopic (exact) mass is 328 g/mol. The minimum absolute atomic E-state index is 0.0777. The van der Waals surface area contributed by atoms with Gasteiger partial charge in [0.25, 0.3) is 15.6 Å². The Kier molecular flexibility index (Phi) is 4.76. The molecule has 0 aliphatic carbocycles. The third kappa shape index (κ3) is 3.90. The van der Waals surface area contributed by atoms with Gasteiger partial charge in [0.1, 0.15) is 4.21 Å². The number of nitrogens with zero attached hydrogens (tertiary/aromatic N) is 1. The molecule has 2 rings (SSSR count). The molecule has 9 heteroatoms. The smallest absolute Gasteiger partial charge is 0.272 e. The zero-order valence-corrected chi connectivity index (χ0v) is 13.3. The van der Waals surface area contributed by atoms with Crippen molar-refractivity contribution in [2.24, 2.45) is 0 Å². The molecule has 0 radical (unpaired) electrons. The van der Waals surface area contributed by atoms with Crippen molar-refractivity contribution in [1.82, 2.24) is 15.5 Å². The van der Waals surface area contributed by atoms with Crippen LogP contribution in [0.2, 0.25) is 0 Å². The lowest BCUT2D eigenvalue weighted by molar-refractivity contribution is 0.603. The van der Waals surface area contributed by atoms with Gasteiger partial charge in [0.2, 0.25) is 0 Å². The second kappa shape index (κ2) is 6.37. The molecule has 0 fully saturated rings. The molecule has 0 spiro atoms. The molecular weight excluding hydrogens is 312 g/mol. The lowest BCUT2D eigenvalue weighted by Crippen LogP contribution is -2.15. The van der Waals surface area contributed by atoms with E-state index in [1.807, 2.05) is 13.8 Å². The first-order valence-corrected chi connectivity index (χ1v) is 8.61. The molecule has 3 N–H and O–H groups in total. The van der Waals surface area contributed by atoms with Crippen LogP contribution in [-0.4, -0.2) is 25.2 Å². The molecule has 0 aliphatic heterocycles. The van der Waals surface area contributed by atoms with Crippen molar-refractivity contribution in [2.75, 3.05) is 11.3 Å². The van der Waals surface area contributed by atoms with Crippen LogP contribution in [0.25, 0.3) is 0 Å². The molecule has 0 bridgehead atoms. The topological polar surface area (TPSA) is 104 Å². The zero-order chi connectivity index (χ0) is 15.5. The van der Waals surface area contributed by atoms with Crippen molar-refractivity contribution in [2.45, 2.75) is 24.6 Å². The zero-order valence-electron chi connectivity index (χ0n) is 11.6. The fraction of sp³-hybridized carbons (Fsp3) is 0.333. The number of hydrogen-bond acceptors (Lipinski definition) is 6. The Morgan fingerprint density at radius 3 is 2.76 bits per heavy atom. The summed E-state index contributed by atoms with van der Waals surface area (Å²) in [5.74, 6) is 0.0777. The number of hydrogen-bond donors (Lipinski definition) is 3. The van der Waals surface area contributed by atoms with Gasteiger partial charge in [-0.15, -0.1) is 11.3 Å². The number of nitrogens with one attached hydrogen (secondary N) is 3. The van der Waals surface area contributed by atoms with Gasteiger partial charge >= 0.3 is 0 Å². The minimum atomic E-state index is -3.70. The highest BCUT2D eigenvalue weighted by atomic mass is 32.2. The van der Waals surface area contributed by atoms with Crippen molar-refractivity contribution in [1.29, 1.82) is 0 Å². The van der Waals surface area contributed by atoms with Crippen molar-refractivity contribution in [3.8, 4) is 0 Å². The lowest BCUT2D eigenvalue weighted by Gasteiger charge is -2.04. The molecule has 2 heterocycles. The van der Waals surface area contributed by atoms with E-state index in [0.29, 0.717) is 6.54 Å². The second-order valence-electron chi connectivity index (χ2n) is 4.36. The van der Waals surface area contributed by atoms with Gasteiger partial charge in [-0.3, -0.25) is 9.52 Å². The third-order valence-corrected chi connectivity index (χ3v) is 5.78. The number of sulfonamides is 1. The minimum Gasteiger partial charge on any atom is -0.312 e. The van der Waals surface area contributed by atoms with Crippen LogP contribution >= 0.6 is 11.3 Å². The SMILES string of the molecule is CCNCc1sc(S(=O)(=O)Nc2ccc(=O)[nH]n2)cc1C. The van der Waals surface area contributed by atoms with Gasteiger partial charge in [0.05, 0.1) is 0 Å². The summed E-state index contributed by atoms with van der Waals surface area (Å²) in [6.07, 6.45) is 0. The predicted molar refractivity (Wildman–Crippen MR) is 82.1 cm³/mol. The van der Waals surface area contributed by atoms with Crippen molar-refractivity contribution < 1.29 is 8.42 Å². The molecule has 0 unspecified atom stereocenters. The highest BCUT2D eigenvalue weighted by Crippen LogP contribution is 2.27. The van der Waals surface area contributed by atoms with Gasteiger partial charge in [-0.1, -0.05) is 6.92 Å². The Morgan fingerprint density at radius 2 is 2.14 bits per heavy atom. The molecular formula is C12H16N4O3S2. The summed E-state index contributed by atoms with van der Waals surface area (Å²) >= 11 is 1.22. The number of aryl methyl sites for hydroxylation is 1. The maximum Gasteiger partial charge on any atom is 0.272 e. The van der Waals surface area contributed by atoms with Crippen LogP contribution in [0.3, 0.4) is 0 Å². The Hall–Kier alpha value is -1.71. The molecule has 0 atom stereocenters. The van der Waals surface area contributed by atoms with E-state index >= 15 is 0 Å². The van der Waals surface area contributed by atoms with E-state index < -0.39 is 15.6 Å². The molecule has 114 valence electrons. The summed E-state index contributed by atoms with van der Waals surface area (Å²) in [4.78, 5) is 11.9. The number of aromatic nitrogens is 2. The van der Waals surface area contributed by atoms with Crippen molar-refractivity contribution >= 4 is 27.2 Å². The summed E-state index contributed by atoms with van der Waals surface area (Å²) in [6.45, 7) is 5.32. The van der Waals surface area contributed by atoms with E-state index in [4.69, 9.17) is 0 Å². The van der Waals surface area contributed by atoms with Crippen LogP contribution in [0.4, 0.5) is 5.82 Å². The summed E-state index contributed by atoms with van der Waals surface area (Å²) in [5, 5.41) is 8.98. The van der Waals surface area contributed by atoms with Gasteiger partial charge in [-0.05, 0) is 31.2 Å². The van der Waals surface area contributed by atoms with Crippen LogP contribution in [0.5, 0.6) is 0 Å². The van der Waals surface area contributed by atoms with Crippen LogP contribution in [-0.2, 0) is 16.6 Å². The van der Waals surface area contributed by atoms with Crippen molar-refractivity contribution in [3.05, 3.63) is 39.0 Å². The summed E-state index contributed by atoms with van der Waals surface area (Å²) < 4.78 is 27.1. The Bertz CT molecular complexity index is 760. The van der Waals surface area contributed by atoms with Crippen LogP contribution in [0.15, 0.2) is 27.2 Å². The van der Waals surface area contributed by atoms with E-state index in [0.717, 1.165) is 17.0 Å². The van der Waals surface area contributed by atoms with Gasteiger partial charge in [0.15, 0.2) is 5.82 Å². The van der Waals surface area contributed by atoms with Crippen LogP contribution in [0.1, 0.15) is 17.4 Å². The number of thiophene rings is 1. The maximum absolute atomic E-state index is 12.3. The first kappa shape index (κ1) is 15.7. The first-order chi connectivity index (χ1) is 9.92. The number of H-pyrrole nitrogens is 1. The molecule has 21 heavy (non-hydrogen) atoms. The molecule has 0 saturated carbocycles. The standard InChI is InChI=1S/C12H16N4O3S2/c1-3-13-7-9-8(2)6-12(20-9)21(18,19)16-10-4-5-11(17)15-14-10/h4-6,13H,3,7H2,1-2H3,(H,14,16)(H,15,17). The Morgan fingerprint density at radius 1 is 1.38 bits per heavy atom. The normalized spacial score (nSPS) is 11.5. The predicted octanol–water partition coefficient (Wildman–Crippen LogP) is 1.05. The molecule has 0 aromatic carbocycles. The summed E-state index contributed by atoms with van der Waals surface area (Å²) in [7, 11) is -3.70. The lowest BCUT2D eigenvalue weighted by atomic mass is 10.3. The first-order valence-electron chi connectivity index (χ1n) is 6.31. The van der Waals surface area contributed by atoms with E-state index in [2.05, 4.69) is 20.2 Å². The molecule has 0 amide bonds. The highest BCUT2D eigenvalue weighted by Gasteiger charge is 2.19. The quantitative estimate of drug-likeness (QED) is 0.735. The van der Waals surface area contributed by atoms with Gasteiger partial charge in [-0.2, -0.15) is 5.10 Å². The second-order valence-corrected chi connectivity index (χ2v) is 7.41. The Balaban J connectivity index is 2.23. The Labute approximate surface area is 126 Å². The van der Waals surface area contributed by atoms with Gasteiger partial charge in [0, 0.05) is 17.5 Å². The summed E-state index contributed by atoms with van der Waals surface area (Å²) in [5.41, 5.74) is 0.536. The largest absolute Gasteiger partial charge is 0.312 e. The molecule has 7 nitrogen and oxygen atoms in total.